The second kappa shape index (κ2) is 5.41. The van der Waals surface area contributed by atoms with Gasteiger partial charge in [0.15, 0.2) is 4.96 Å². The highest BCUT2D eigenvalue weighted by Gasteiger charge is 2.12. The summed E-state index contributed by atoms with van der Waals surface area (Å²) in [7, 11) is 0. The Kier molecular flexibility index (Phi) is 3.62. The van der Waals surface area contributed by atoms with Crippen LogP contribution in [0.2, 0.25) is 0 Å². The zero-order chi connectivity index (χ0) is 14.1. The van der Waals surface area contributed by atoms with Gasteiger partial charge in [-0.25, -0.2) is 9.78 Å². The number of hydrogen-bond acceptors (Lipinski definition) is 4. The summed E-state index contributed by atoms with van der Waals surface area (Å²) in [5, 5.41) is 11.1. The molecule has 102 valence electrons. The first kappa shape index (κ1) is 13.4. The summed E-state index contributed by atoms with van der Waals surface area (Å²) in [5.74, 6) is -0.640. The Morgan fingerprint density at radius 2 is 2.35 bits per heavy atom. The van der Waals surface area contributed by atoms with E-state index in [2.05, 4.69) is 27.6 Å². The minimum absolute atomic E-state index is 0.165. The summed E-state index contributed by atoms with van der Waals surface area (Å²) in [6, 6.07) is 5.07. The van der Waals surface area contributed by atoms with Crippen molar-refractivity contribution in [3.63, 3.8) is 0 Å². The van der Waals surface area contributed by atoms with Gasteiger partial charge in [0.05, 0.1) is 5.69 Å². The molecule has 0 amide bonds. The Bertz CT molecular complexity index is 752. The molecule has 0 aliphatic heterocycles. The quantitative estimate of drug-likeness (QED) is 0.683. The molecule has 3 aromatic rings. The summed E-state index contributed by atoms with van der Waals surface area (Å²) in [4.78, 5) is 16.5. The molecule has 0 unspecified atom stereocenters. The first-order valence-corrected chi connectivity index (χ1v) is 7.66. The largest absolute Gasteiger partial charge is 0.486 e. The molecule has 2 heterocycles. The van der Waals surface area contributed by atoms with Crippen LogP contribution in [0.25, 0.3) is 4.96 Å². The fourth-order valence-corrected chi connectivity index (χ4v) is 3.00. The molecule has 0 spiro atoms. The Balaban J connectivity index is 1.81. The van der Waals surface area contributed by atoms with Crippen molar-refractivity contribution in [2.24, 2.45) is 0 Å². The minimum Gasteiger partial charge on any atom is -0.486 e. The molecule has 0 atom stereocenters. The number of carboxylic acids is 1. The van der Waals surface area contributed by atoms with Crippen molar-refractivity contribution in [2.75, 3.05) is 0 Å². The molecule has 0 bridgehead atoms. The zero-order valence-electron chi connectivity index (χ0n) is 10.1. The second-order valence-electron chi connectivity index (χ2n) is 4.06. The number of thiazole rings is 1. The SMILES string of the molecule is O=C(O)c1cc(I)ccc1OCc1cn2ccsc2n1. The molecule has 0 saturated carbocycles. The van der Waals surface area contributed by atoms with Crippen molar-refractivity contribution in [1.82, 2.24) is 9.38 Å². The zero-order valence-corrected chi connectivity index (χ0v) is 13.1. The second-order valence-corrected chi connectivity index (χ2v) is 6.18. The van der Waals surface area contributed by atoms with Crippen LogP contribution in [-0.2, 0) is 6.61 Å². The predicted molar refractivity (Wildman–Crippen MR) is 83.5 cm³/mol. The minimum atomic E-state index is -0.996. The lowest BCUT2D eigenvalue weighted by Crippen LogP contribution is -2.04. The number of rotatable bonds is 4. The van der Waals surface area contributed by atoms with E-state index in [4.69, 9.17) is 9.84 Å². The highest BCUT2D eigenvalue weighted by molar-refractivity contribution is 14.1. The molecular weight excluding hydrogens is 391 g/mol. The first-order valence-electron chi connectivity index (χ1n) is 5.70. The van der Waals surface area contributed by atoms with Gasteiger partial charge in [0, 0.05) is 21.3 Å². The summed E-state index contributed by atoms with van der Waals surface area (Å²) < 4.78 is 8.35. The number of nitrogens with zero attached hydrogens (tertiary/aromatic N) is 2. The normalized spacial score (nSPS) is 10.8. The fraction of sp³-hybridized carbons (Fsp3) is 0.0769. The standard InChI is InChI=1S/C13H9IN2O3S/c14-8-1-2-11(10(5-8)12(17)18)19-7-9-6-16-3-4-20-13(16)15-9/h1-6H,7H2,(H,17,18). The lowest BCUT2D eigenvalue weighted by atomic mass is 10.2. The summed E-state index contributed by atoms with van der Waals surface area (Å²) in [6.45, 7) is 0.245. The lowest BCUT2D eigenvalue weighted by Gasteiger charge is -2.08. The van der Waals surface area contributed by atoms with Crippen molar-refractivity contribution < 1.29 is 14.6 Å². The summed E-state index contributed by atoms with van der Waals surface area (Å²) in [6.07, 6.45) is 3.79. The van der Waals surface area contributed by atoms with Gasteiger partial charge in [0.25, 0.3) is 0 Å². The molecule has 20 heavy (non-hydrogen) atoms. The van der Waals surface area contributed by atoms with E-state index in [0.717, 1.165) is 14.2 Å². The smallest absolute Gasteiger partial charge is 0.339 e. The van der Waals surface area contributed by atoms with E-state index in [-0.39, 0.29) is 12.2 Å². The highest BCUT2D eigenvalue weighted by atomic mass is 127. The van der Waals surface area contributed by atoms with Crippen molar-refractivity contribution in [1.29, 1.82) is 0 Å². The number of ether oxygens (including phenoxy) is 1. The van der Waals surface area contributed by atoms with E-state index in [0.29, 0.717) is 5.75 Å². The van der Waals surface area contributed by atoms with Crippen LogP contribution in [0.15, 0.2) is 36.0 Å². The molecule has 1 aromatic carbocycles. The van der Waals surface area contributed by atoms with Gasteiger partial charge in [-0.1, -0.05) is 0 Å². The number of carbonyl (C=O) groups is 1. The third kappa shape index (κ3) is 2.63. The van der Waals surface area contributed by atoms with Crippen LogP contribution >= 0.6 is 33.9 Å². The number of benzene rings is 1. The topological polar surface area (TPSA) is 63.8 Å². The molecule has 3 rings (SSSR count). The molecular formula is C13H9IN2O3S. The van der Waals surface area contributed by atoms with E-state index in [1.54, 1.807) is 23.5 Å². The van der Waals surface area contributed by atoms with Gasteiger partial charge in [-0.15, -0.1) is 11.3 Å². The Morgan fingerprint density at radius 1 is 1.50 bits per heavy atom. The van der Waals surface area contributed by atoms with Gasteiger partial charge in [0.2, 0.25) is 0 Å². The van der Waals surface area contributed by atoms with Crippen molar-refractivity contribution in [3.8, 4) is 5.75 Å². The van der Waals surface area contributed by atoms with Crippen LogP contribution in [0.5, 0.6) is 5.75 Å². The van der Waals surface area contributed by atoms with E-state index < -0.39 is 5.97 Å². The number of aromatic nitrogens is 2. The molecule has 0 aliphatic carbocycles. The van der Waals surface area contributed by atoms with E-state index in [9.17, 15) is 4.79 Å². The average Bonchev–Trinajstić information content (AvgIpc) is 2.97. The highest BCUT2D eigenvalue weighted by Crippen LogP contribution is 2.22. The first-order chi connectivity index (χ1) is 9.63. The summed E-state index contributed by atoms with van der Waals surface area (Å²) >= 11 is 3.61. The number of hydrogen-bond donors (Lipinski definition) is 1. The van der Waals surface area contributed by atoms with Gasteiger partial charge in [0.1, 0.15) is 17.9 Å². The molecule has 2 aromatic heterocycles. The van der Waals surface area contributed by atoms with Gasteiger partial charge in [-0.05, 0) is 40.8 Å². The van der Waals surface area contributed by atoms with Crippen LogP contribution in [-0.4, -0.2) is 20.5 Å². The molecule has 7 heteroatoms. The Labute approximate surface area is 132 Å². The van der Waals surface area contributed by atoms with Crippen molar-refractivity contribution in [2.45, 2.75) is 6.61 Å². The number of imidazole rings is 1. The van der Waals surface area contributed by atoms with Crippen molar-refractivity contribution in [3.05, 3.63) is 50.8 Å². The molecule has 0 aliphatic rings. The molecule has 0 radical (unpaired) electrons. The third-order valence-corrected chi connectivity index (χ3v) is 4.13. The van der Waals surface area contributed by atoms with E-state index in [1.165, 1.54) is 0 Å². The lowest BCUT2D eigenvalue weighted by molar-refractivity contribution is 0.0691. The van der Waals surface area contributed by atoms with Crippen LogP contribution in [0.4, 0.5) is 0 Å². The van der Waals surface area contributed by atoms with E-state index >= 15 is 0 Å². The van der Waals surface area contributed by atoms with Gasteiger partial charge < -0.3 is 9.84 Å². The molecule has 0 fully saturated rings. The van der Waals surface area contributed by atoms with Gasteiger partial charge >= 0.3 is 5.97 Å². The van der Waals surface area contributed by atoms with E-state index in [1.807, 2.05) is 28.2 Å². The van der Waals surface area contributed by atoms with Crippen LogP contribution in [0.1, 0.15) is 16.1 Å². The third-order valence-electron chi connectivity index (χ3n) is 2.69. The summed E-state index contributed by atoms with van der Waals surface area (Å²) in [5.41, 5.74) is 0.935. The molecule has 0 saturated heterocycles. The average molecular weight is 400 g/mol. The monoisotopic (exact) mass is 400 g/mol. The maximum Gasteiger partial charge on any atom is 0.339 e. The maximum atomic E-state index is 11.2. The fourth-order valence-electron chi connectivity index (χ4n) is 1.79. The van der Waals surface area contributed by atoms with Crippen LogP contribution < -0.4 is 4.74 Å². The Hall–Kier alpha value is -1.61. The van der Waals surface area contributed by atoms with Crippen LogP contribution in [0.3, 0.4) is 0 Å². The maximum absolute atomic E-state index is 11.2. The van der Waals surface area contributed by atoms with Gasteiger partial charge in [-0.2, -0.15) is 0 Å². The van der Waals surface area contributed by atoms with Gasteiger partial charge in [-0.3, -0.25) is 4.40 Å². The predicted octanol–water partition coefficient (Wildman–Crippen LogP) is 3.28. The Morgan fingerprint density at radius 3 is 3.10 bits per heavy atom. The number of halogens is 1. The molecule has 1 N–H and O–H groups in total. The molecule has 5 nitrogen and oxygen atoms in total. The number of fused-ring (bicyclic) bond motifs is 1. The number of aromatic carboxylic acids is 1. The van der Waals surface area contributed by atoms with Crippen LogP contribution in [0, 0.1) is 3.57 Å². The van der Waals surface area contributed by atoms with Crippen molar-refractivity contribution >= 4 is 44.9 Å². The number of carboxylic acid groups (broad SMARTS) is 1.